The SMILES string of the molecule is Cc1c(-c2ccccc2)c(=O)oc2cc3oc(Cc4ccccc4)nc3cc12. The van der Waals surface area contributed by atoms with Crippen molar-refractivity contribution >= 4 is 22.1 Å². The van der Waals surface area contributed by atoms with Gasteiger partial charge in [0.05, 0.1) is 5.56 Å². The number of hydrogen-bond donors (Lipinski definition) is 0. The Labute approximate surface area is 161 Å². The second-order valence-corrected chi connectivity index (χ2v) is 6.84. The van der Waals surface area contributed by atoms with E-state index in [-0.39, 0.29) is 5.63 Å². The summed E-state index contributed by atoms with van der Waals surface area (Å²) < 4.78 is 11.5. The van der Waals surface area contributed by atoms with Gasteiger partial charge in [-0.05, 0) is 29.7 Å². The maximum atomic E-state index is 12.6. The van der Waals surface area contributed by atoms with Crippen molar-refractivity contribution < 1.29 is 8.83 Å². The van der Waals surface area contributed by atoms with Gasteiger partial charge in [0.2, 0.25) is 0 Å². The van der Waals surface area contributed by atoms with E-state index in [0.29, 0.717) is 29.0 Å². The first-order chi connectivity index (χ1) is 13.7. The summed E-state index contributed by atoms with van der Waals surface area (Å²) in [6, 6.07) is 23.3. The van der Waals surface area contributed by atoms with Gasteiger partial charge in [-0.2, -0.15) is 0 Å². The molecule has 0 aliphatic heterocycles. The van der Waals surface area contributed by atoms with Gasteiger partial charge in [-0.25, -0.2) is 9.78 Å². The summed E-state index contributed by atoms with van der Waals surface area (Å²) >= 11 is 0. The van der Waals surface area contributed by atoms with Gasteiger partial charge in [0.15, 0.2) is 11.5 Å². The lowest BCUT2D eigenvalue weighted by Crippen LogP contribution is -2.05. The average Bonchev–Trinajstić information content (AvgIpc) is 3.09. The zero-order valence-corrected chi connectivity index (χ0v) is 15.3. The second-order valence-electron chi connectivity index (χ2n) is 6.84. The number of aryl methyl sites for hydroxylation is 1. The summed E-state index contributed by atoms with van der Waals surface area (Å²) in [7, 11) is 0. The molecule has 0 fully saturated rings. The van der Waals surface area contributed by atoms with Gasteiger partial charge >= 0.3 is 5.63 Å². The molecule has 28 heavy (non-hydrogen) atoms. The summed E-state index contributed by atoms with van der Waals surface area (Å²) in [5.74, 6) is 0.639. The van der Waals surface area contributed by atoms with Gasteiger partial charge in [-0.1, -0.05) is 60.7 Å². The highest BCUT2D eigenvalue weighted by Crippen LogP contribution is 2.30. The van der Waals surface area contributed by atoms with Crippen LogP contribution in [0.15, 0.2) is 86.4 Å². The summed E-state index contributed by atoms with van der Waals surface area (Å²) in [5.41, 5.74) is 4.99. The molecule has 3 aromatic carbocycles. The third-order valence-corrected chi connectivity index (χ3v) is 4.98. The van der Waals surface area contributed by atoms with Gasteiger partial charge < -0.3 is 8.83 Å². The normalized spacial score (nSPS) is 11.3. The van der Waals surface area contributed by atoms with Crippen molar-refractivity contribution in [2.45, 2.75) is 13.3 Å². The van der Waals surface area contributed by atoms with E-state index in [1.165, 1.54) is 0 Å². The van der Waals surface area contributed by atoms with Crippen LogP contribution < -0.4 is 5.63 Å². The van der Waals surface area contributed by atoms with Crippen LogP contribution in [-0.4, -0.2) is 4.98 Å². The molecule has 0 saturated carbocycles. The van der Waals surface area contributed by atoms with Crippen molar-refractivity contribution in [2.75, 3.05) is 0 Å². The Bertz CT molecular complexity index is 1350. The fraction of sp³-hybridized carbons (Fsp3) is 0.0833. The van der Waals surface area contributed by atoms with E-state index < -0.39 is 0 Å². The molecule has 0 radical (unpaired) electrons. The van der Waals surface area contributed by atoms with E-state index in [1.807, 2.05) is 73.7 Å². The number of rotatable bonds is 3. The molecule has 0 unspecified atom stereocenters. The molecule has 2 heterocycles. The Kier molecular flexibility index (Phi) is 3.83. The highest BCUT2D eigenvalue weighted by atomic mass is 16.4. The molecule has 4 nitrogen and oxygen atoms in total. The zero-order chi connectivity index (χ0) is 19.1. The molecule has 4 heteroatoms. The molecule has 0 aliphatic rings. The number of benzene rings is 3. The quantitative estimate of drug-likeness (QED) is 0.395. The first kappa shape index (κ1) is 16.5. The van der Waals surface area contributed by atoms with Gasteiger partial charge in [-0.3, -0.25) is 0 Å². The summed E-state index contributed by atoms with van der Waals surface area (Å²) in [6.07, 6.45) is 0.615. The Morgan fingerprint density at radius 1 is 0.857 bits per heavy atom. The Morgan fingerprint density at radius 3 is 2.32 bits per heavy atom. The topological polar surface area (TPSA) is 56.2 Å². The van der Waals surface area contributed by atoms with Gasteiger partial charge in [0, 0.05) is 17.9 Å². The molecule has 0 atom stereocenters. The summed E-state index contributed by atoms with van der Waals surface area (Å²) in [4.78, 5) is 17.3. The molecule has 5 rings (SSSR count). The van der Waals surface area contributed by atoms with Crippen LogP contribution in [0.4, 0.5) is 0 Å². The fourth-order valence-corrected chi connectivity index (χ4v) is 3.60. The smallest absolute Gasteiger partial charge is 0.344 e. The van der Waals surface area contributed by atoms with Gasteiger partial charge in [-0.15, -0.1) is 0 Å². The third-order valence-electron chi connectivity index (χ3n) is 4.98. The molecule has 0 amide bonds. The monoisotopic (exact) mass is 367 g/mol. The van der Waals surface area contributed by atoms with Crippen molar-refractivity contribution in [3.05, 3.63) is 100 Å². The minimum Gasteiger partial charge on any atom is -0.440 e. The maximum absolute atomic E-state index is 12.6. The van der Waals surface area contributed by atoms with Crippen LogP contribution in [0.3, 0.4) is 0 Å². The number of nitrogens with zero attached hydrogens (tertiary/aromatic N) is 1. The van der Waals surface area contributed by atoms with Crippen molar-refractivity contribution in [3.63, 3.8) is 0 Å². The highest BCUT2D eigenvalue weighted by molar-refractivity contribution is 5.95. The highest BCUT2D eigenvalue weighted by Gasteiger charge is 2.16. The van der Waals surface area contributed by atoms with Crippen LogP contribution in [0.2, 0.25) is 0 Å². The molecule has 0 aliphatic carbocycles. The molecule has 0 bridgehead atoms. The lowest BCUT2D eigenvalue weighted by Gasteiger charge is -2.07. The fourth-order valence-electron chi connectivity index (χ4n) is 3.60. The predicted molar refractivity (Wildman–Crippen MR) is 109 cm³/mol. The summed E-state index contributed by atoms with van der Waals surface area (Å²) in [6.45, 7) is 1.94. The van der Waals surface area contributed by atoms with Crippen LogP contribution in [0.1, 0.15) is 17.0 Å². The Hall–Kier alpha value is -3.66. The largest absolute Gasteiger partial charge is 0.440 e. The molecule has 0 N–H and O–H groups in total. The molecule has 0 spiro atoms. The van der Waals surface area contributed by atoms with Crippen molar-refractivity contribution in [1.29, 1.82) is 0 Å². The third kappa shape index (κ3) is 2.79. The Balaban J connectivity index is 1.66. The van der Waals surface area contributed by atoms with Crippen LogP contribution in [0.5, 0.6) is 0 Å². The van der Waals surface area contributed by atoms with Crippen LogP contribution in [0.25, 0.3) is 33.2 Å². The average molecular weight is 367 g/mol. The Morgan fingerprint density at radius 2 is 1.57 bits per heavy atom. The van der Waals surface area contributed by atoms with E-state index in [2.05, 4.69) is 4.98 Å². The molecule has 5 aromatic rings. The molecule has 0 saturated heterocycles. The standard InChI is InChI=1S/C24H17NO3/c1-15-18-13-19-21(27-22(25-19)12-16-8-4-2-5-9-16)14-20(18)28-24(26)23(15)17-10-6-3-7-11-17/h2-11,13-14H,12H2,1H3. The van der Waals surface area contributed by atoms with Crippen LogP contribution >= 0.6 is 0 Å². The number of oxazole rings is 1. The lowest BCUT2D eigenvalue weighted by atomic mass is 9.99. The minimum atomic E-state index is -0.348. The molecule has 2 aromatic heterocycles. The first-order valence-corrected chi connectivity index (χ1v) is 9.15. The number of fused-ring (bicyclic) bond motifs is 2. The molecule has 136 valence electrons. The maximum Gasteiger partial charge on any atom is 0.344 e. The van der Waals surface area contributed by atoms with Crippen LogP contribution in [-0.2, 0) is 6.42 Å². The lowest BCUT2D eigenvalue weighted by molar-refractivity contribution is 0.540. The molecular formula is C24H17NO3. The van der Waals surface area contributed by atoms with Crippen molar-refractivity contribution in [2.24, 2.45) is 0 Å². The van der Waals surface area contributed by atoms with Crippen LogP contribution in [0, 0.1) is 6.92 Å². The van der Waals surface area contributed by atoms with E-state index in [1.54, 1.807) is 6.07 Å². The minimum absolute atomic E-state index is 0.348. The zero-order valence-electron chi connectivity index (χ0n) is 15.3. The number of hydrogen-bond acceptors (Lipinski definition) is 4. The first-order valence-electron chi connectivity index (χ1n) is 9.15. The molecular weight excluding hydrogens is 350 g/mol. The van der Waals surface area contributed by atoms with E-state index >= 15 is 0 Å². The van der Waals surface area contributed by atoms with E-state index in [0.717, 1.165) is 27.6 Å². The second kappa shape index (κ2) is 6.50. The van der Waals surface area contributed by atoms with Crippen molar-refractivity contribution in [3.8, 4) is 11.1 Å². The summed E-state index contributed by atoms with van der Waals surface area (Å²) in [5, 5.41) is 0.866. The number of aromatic nitrogens is 1. The van der Waals surface area contributed by atoms with Crippen molar-refractivity contribution in [1.82, 2.24) is 4.98 Å². The van der Waals surface area contributed by atoms with E-state index in [4.69, 9.17) is 8.83 Å². The predicted octanol–water partition coefficient (Wildman–Crippen LogP) is 5.50. The van der Waals surface area contributed by atoms with Gasteiger partial charge in [0.25, 0.3) is 0 Å². The van der Waals surface area contributed by atoms with E-state index in [9.17, 15) is 4.79 Å². The van der Waals surface area contributed by atoms with Gasteiger partial charge in [0.1, 0.15) is 11.1 Å².